The summed E-state index contributed by atoms with van der Waals surface area (Å²) in [7, 11) is 1.75. The van der Waals surface area contributed by atoms with Crippen LogP contribution < -0.4 is 10.4 Å². The van der Waals surface area contributed by atoms with Crippen LogP contribution in [0, 0.1) is 0 Å². The largest absolute Gasteiger partial charge is 0.496 e. The van der Waals surface area contributed by atoms with Crippen molar-refractivity contribution in [3.8, 4) is 0 Å². The van der Waals surface area contributed by atoms with Gasteiger partial charge in [0.2, 0.25) is 0 Å². The highest BCUT2D eigenvalue weighted by molar-refractivity contribution is 6.65. The lowest BCUT2D eigenvalue weighted by atomic mass is 9.79. The average molecular weight is 337 g/mol. The maximum Gasteiger partial charge on any atom is 0.496 e. The van der Waals surface area contributed by atoms with Gasteiger partial charge in [-0.1, -0.05) is 17.7 Å². The Hall–Kier alpha value is -0.745. The van der Waals surface area contributed by atoms with Gasteiger partial charge in [0.1, 0.15) is 0 Å². The third kappa shape index (κ3) is 3.25. The fourth-order valence-electron chi connectivity index (χ4n) is 2.94. The number of piperazine rings is 1. The summed E-state index contributed by atoms with van der Waals surface area (Å²) < 4.78 is 12.2. The van der Waals surface area contributed by atoms with Gasteiger partial charge in [-0.05, 0) is 46.9 Å². The molecule has 6 heteroatoms. The van der Waals surface area contributed by atoms with E-state index in [0.717, 1.165) is 31.6 Å². The van der Waals surface area contributed by atoms with Crippen molar-refractivity contribution in [1.29, 1.82) is 0 Å². The van der Waals surface area contributed by atoms with Gasteiger partial charge in [0.05, 0.1) is 11.2 Å². The summed E-state index contributed by atoms with van der Waals surface area (Å²) >= 11 is 6.55. The van der Waals surface area contributed by atoms with Gasteiger partial charge in [-0.2, -0.15) is 0 Å². The van der Waals surface area contributed by atoms with Gasteiger partial charge in [-0.15, -0.1) is 0 Å². The van der Waals surface area contributed by atoms with Crippen LogP contribution in [0.2, 0.25) is 5.02 Å². The van der Waals surface area contributed by atoms with E-state index in [1.165, 1.54) is 5.69 Å². The molecule has 126 valence electrons. The predicted molar refractivity (Wildman–Crippen MR) is 96.9 cm³/mol. The Labute approximate surface area is 144 Å². The number of halogens is 1. The molecule has 2 heterocycles. The summed E-state index contributed by atoms with van der Waals surface area (Å²) in [4.78, 5) is 4.72. The number of anilines is 1. The Balaban J connectivity index is 1.78. The molecular formula is C17H26BClN2O2. The minimum atomic E-state index is -0.408. The van der Waals surface area contributed by atoms with Crippen LogP contribution in [-0.4, -0.2) is 56.4 Å². The lowest BCUT2D eigenvalue weighted by molar-refractivity contribution is 0.00578. The maximum atomic E-state index is 6.55. The first kappa shape index (κ1) is 17.1. The van der Waals surface area contributed by atoms with Gasteiger partial charge in [-0.25, -0.2) is 0 Å². The molecule has 0 bridgehead atoms. The van der Waals surface area contributed by atoms with E-state index in [1.807, 2.05) is 12.1 Å². The van der Waals surface area contributed by atoms with E-state index in [2.05, 4.69) is 50.6 Å². The SMILES string of the molecule is CN1CCN(c2ccc(B3OC(C)(C)C(C)(C)O3)c(Cl)c2)CC1. The standard InChI is InChI=1S/C17H26BClN2O2/c1-16(2)17(3,4)23-18(22-16)14-7-6-13(12-15(14)19)21-10-8-20(5)9-11-21/h6-7,12H,8-11H2,1-5H3. The minimum Gasteiger partial charge on any atom is -0.399 e. The van der Waals surface area contributed by atoms with E-state index >= 15 is 0 Å². The fraction of sp³-hybridized carbons (Fsp3) is 0.647. The molecule has 0 amide bonds. The molecule has 2 aliphatic rings. The molecule has 2 saturated heterocycles. The number of nitrogens with zero attached hydrogens (tertiary/aromatic N) is 2. The molecule has 0 radical (unpaired) electrons. The molecule has 0 unspecified atom stereocenters. The number of likely N-dealkylation sites (N-methyl/N-ethyl adjacent to an activating group) is 1. The number of hydrogen-bond donors (Lipinski definition) is 0. The summed E-state index contributed by atoms with van der Waals surface area (Å²) in [6.07, 6.45) is 0. The van der Waals surface area contributed by atoms with E-state index in [-0.39, 0.29) is 11.2 Å². The van der Waals surface area contributed by atoms with Crippen LogP contribution in [0.25, 0.3) is 0 Å². The third-order valence-electron chi connectivity index (χ3n) is 5.36. The summed E-state index contributed by atoms with van der Waals surface area (Å²) in [5.74, 6) is 0. The Morgan fingerprint density at radius 2 is 1.57 bits per heavy atom. The second-order valence-electron chi connectivity index (χ2n) is 7.58. The predicted octanol–water partition coefficient (Wildman–Crippen LogP) is 2.39. The van der Waals surface area contributed by atoms with Gasteiger partial charge in [0, 0.05) is 42.4 Å². The molecule has 0 aromatic heterocycles. The molecule has 0 saturated carbocycles. The van der Waals surface area contributed by atoms with Crippen LogP contribution in [0.1, 0.15) is 27.7 Å². The molecule has 0 aliphatic carbocycles. The molecule has 1 aromatic carbocycles. The molecule has 0 N–H and O–H groups in total. The summed E-state index contributed by atoms with van der Waals surface area (Å²) in [5, 5.41) is 0.708. The smallest absolute Gasteiger partial charge is 0.399 e. The quantitative estimate of drug-likeness (QED) is 0.774. The van der Waals surface area contributed by atoms with Crippen molar-refractivity contribution < 1.29 is 9.31 Å². The first-order chi connectivity index (χ1) is 10.7. The van der Waals surface area contributed by atoms with Crippen molar-refractivity contribution >= 4 is 29.9 Å². The van der Waals surface area contributed by atoms with Gasteiger partial charge in [0.25, 0.3) is 0 Å². The van der Waals surface area contributed by atoms with E-state index in [9.17, 15) is 0 Å². The number of rotatable bonds is 2. The highest BCUT2D eigenvalue weighted by atomic mass is 35.5. The minimum absolute atomic E-state index is 0.350. The zero-order valence-corrected chi connectivity index (χ0v) is 15.5. The van der Waals surface area contributed by atoms with E-state index < -0.39 is 7.12 Å². The van der Waals surface area contributed by atoms with Crippen LogP contribution in [0.15, 0.2) is 18.2 Å². The summed E-state index contributed by atoms with van der Waals surface area (Å²) in [5.41, 5.74) is 1.38. The number of benzene rings is 1. The van der Waals surface area contributed by atoms with E-state index in [4.69, 9.17) is 20.9 Å². The summed E-state index contributed by atoms with van der Waals surface area (Å²) in [6, 6.07) is 6.20. The van der Waals surface area contributed by atoms with Crippen molar-refractivity contribution in [3.05, 3.63) is 23.2 Å². The molecule has 23 heavy (non-hydrogen) atoms. The second kappa shape index (κ2) is 5.96. The van der Waals surface area contributed by atoms with Crippen molar-refractivity contribution in [3.63, 3.8) is 0 Å². The van der Waals surface area contributed by atoms with Crippen LogP contribution in [0.3, 0.4) is 0 Å². The van der Waals surface area contributed by atoms with Crippen molar-refractivity contribution in [2.24, 2.45) is 0 Å². The normalized spacial score (nSPS) is 24.3. The lowest BCUT2D eigenvalue weighted by Gasteiger charge is -2.34. The zero-order chi connectivity index (χ0) is 16.8. The van der Waals surface area contributed by atoms with E-state index in [1.54, 1.807) is 0 Å². The lowest BCUT2D eigenvalue weighted by Crippen LogP contribution is -2.44. The van der Waals surface area contributed by atoms with Crippen LogP contribution in [0.5, 0.6) is 0 Å². The first-order valence-corrected chi connectivity index (χ1v) is 8.66. The molecule has 2 aliphatic heterocycles. The average Bonchev–Trinajstić information content (AvgIpc) is 2.68. The molecular weight excluding hydrogens is 310 g/mol. The first-order valence-electron chi connectivity index (χ1n) is 8.28. The Morgan fingerprint density at radius 1 is 1.00 bits per heavy atom. The van der Waals surface area contributed by atoms with Gasteiger partial charge < -0.3 is 19.1 Å². The highest BCUT2D eigenvalue weighted by Gasteiger charge is 2.52. The highest BCUT2D eigenvalue weighted by Crippen LogP contribution is 2.37. The number of hydrogen-bond acceptors (Lipinski definition) is 4. The fourth-order valence-corrected chi connectivity index (χ4v) is 3.20. The molecule has 0 atom stereocenters. The van der Waals surface area contributed by atoms with Crippen molar-refractivity contribution in [1.82, 2.24) is 4.90 Å². The molecule has 3 rings (SSSR count). The summed E-state index contributed by atoms with van der Waals surface area (Å²) in [6.45, 7) is 12.4. The zero-order valence-electron chi connectivity index (χ0n) is 14.7. The monoisotopic (exact) mass is 336 g/mol. The van der Waals surface area contributed by atoms with Gasteiger partial charge in [-0.3, -0.25) is 0 Å². The Kier molecular flexibility index (Phi) is 4.43. The Bertz CT molecular complexity index is 570. The van der Waals surface area contributed by atoms with Crippen molar-refractivity contribution in [2.45, 2.75) is 38.9 Å². The van der Waals surface area contributed by atoms with Crippen molar-refractivity contribution in [2.75, 3.05) is 38.1 Å². The van der Waals surface area contributed by atoms with E-state index in [0.29, 0.717) is 5.02 Å². The second-order valence-corrected chi connectivity index (χ2v) is 7.99. The van der Waals surface area contributed by atoms with Gasteiger partial charge in [0.15, 0.2) is 0 Å². The topological polar surface area (TPSA) is 24.9 Å². The molecule has 4 nitrogen and oxygen atoms in total. The Morgan fingerprint density at radius 3 is 2.09 bits per heavy atom. The maximum absolute atomic E-state index is 6.55. The third-order valence-corrected chi connectivity index (χ3v) is 5.69. The van der Waals surface area contributed by atoms with Gasteiger partial charge >= 0.3 is 7.12 Å². The van der Waals surface area contributed by atoms with Crippen LogP contribution in [0.4, 0.5) is 5.69 Å². The van der Waals surface area contributed by atoms with Crippen LogP contribution in [-0.2, 0) is 9.31 Å². The molecule has 0 spiro atoms. The molecule has 2 fully saturated rings. The van der Waals surface area contributed by atoms with Crippen LogP contribution >= 0.6 is 11.6 Å². The molecule has 1 aromatic rings.